The van der Waals surface area contributed by atoms with Gasteiger partial charge < -0.3 is 9.64 Å². The molecular weight excluding hydrogens is 332 g/mol. The SMILES string of the molecule is CC(C)CN(CC1CCN(C2Cc3ccccc3C2)CC1)CC1CCCO1. The minimum absolute atomic E-state index is 0.487. The summed E-state index contributed by atoms with van der Waals surface area (Å²) in [5.41, 5.74) is 3.17. The Morgan fingerprint density at radius 1 is 1.04 bits per heavy atom. The average molecular weight is 371 g/mol. The van der Waals surface area contributed by atoms with Crippen molar-refractivity contribution in [3.63, 3.8) is 0 Å². The average Bonchev–Trinajstić information content (AvgIpc) is 3.31. The number of ether oxygens (including phenoxy) is 1. The van der Waals surface area contributed by atoms with E-state index in [1.165, 1.54) is 64.7 Å². The highest BCUT2D eigenvalue weighted by Crippen LogP contribution is 2.29. The van der Waals surface area contributed by atoms with Gasteiger partial charge in [-0.15, -0.1) is 0 Å². The molecule has 3 heteroatoms. The topological polar surface area (TPSA) is 15.7 Å². The largest absolute Gasteiger partial charge is 0.377 e. The molecule has 3 nitrogen and oxygen atoms in total. The van der Waals surface area contributed by atoms with E-state index in [0.29, 0.717) is 6.10 Å². The fourth-order valence-electron chi connectivity index (χ4n) is 5.48. The molecule has 3 aliphatic rings. The molecule has 27 heavy (non-hydrogen) atoms. The first-order valence-corrected chi connectivity index (χ1v) is 11.3. The van der Waals surface area contributed by atoms with E-state index in [1.54, 1.807) is 11.1 Å². The number of likely N-dealkylation sites (tertiary alicyclic amines) is 1. The first-order chi connectivity index (χ1) is 13.2. The highest BCUT2D eigenvalue weighted by Gasteiger charge is 2.30. The number of rotatable bonds is 7. The Hall–Kier alpha value is -0.900. The minimum Gasteiger partial charge on any atom is -0.377 e. The van der Waals surface area contributed by atoms with Crippen LogP contribution in [-0.2, 0) is 17.6 Å². The maximum absolute atomic E-state index is 5.92. The van der Waals surface area contributed by atoms with Crippen LogP contribution in [0.3, 0.4) is 0 Å². The number of hydrogen-bond donors (Lipinski definition) is 0. The van der Waals surface area contributed by atoms with Crippen molar-refractivity contribution in [3.8, 4) is 0 Å². The number of piperidine rings is 1. The maximum Gasteiger partial charge on any atom is 0.0702 e. The molecule has 1 aliphatic carbocycles. The van der Waals surface area contributed by atoms with E-state index in [-0.39, 0.29) is 0 Å². The molecule has 0 saturated carbocycles. The number of hydrogen-bond acceptors (Lipinski definition) is 3. The quantitative estimate of drug-likeness (QED) is 0.721. The van der Waals surface area contributed by atoms with Crippen LogP contribution in [0.1, 0.15) is 50.7 Å². The predicted molar refractivity (Wildman–Crippen MR) is 112 cm³/mol. The van der Waals surface area contributed by atoms with Crippen molar-refractivity contribution in [1.29, 1.82) is 0 Å². The molecule has 1 atom stereocenters. The lowest BCUT2D eigenvalue weighted by atomic mass is 9.94. The Balaban J connectivity index is 1.25. The van der Waals surface area contributed by atoms with Crippen LogP contribution in [0.5, 0.6) is 0 Å². The van der Waals surface area contributed by atoms with E-state index in [9.17, 15) is 0 Å². The van der Waals surface area contributed by atoms with Crippen LogP contribution in [0.15, 0.2) is 24.3 Å². The molecule has 0 amide bonds. The molecule has 0 radical (unpaired) electrons. The Labute approximate surface area is 166 Å². The second kappa shape index (κ2) is 9.07. The highest BCUT2D eigenvalue weighted by molar-refractivity contribution is 5.33. The molecule has 0 N–H and O–H groups in total. The second-order valence-electron chi connectivity index (χ2n) is 9.56. The third-order valence-corrected chi connectivity index (χ3v) is 6.82. The monoisotopic (exact) mass is 370 g/mol. The molecule has 0 spiro atoms. The molecule has 0 bridgehead atoms. The lowest BCUT2D eigenvalue weighted by molar-refractivity contribution is 0.0528. The molecule has 2 fully saturated rings. The van der Waals surface area contributed by atoms with Gasteiger partial charge in [0, 0.05) is 32.3 Å². The van der Waals surface area contributed by atoms with E-state index in [1.807, 2.05) is 0 Å². The normalized spacial score (nSPS) is 25.0. The lowest BCUT2D eigenvalue weighted by Gasteiger charge is -2.38. The molecule has 2 heterocycles. The zero-order chi connectivity index (χ0) is 18.6. The maximum atomic E-state index is 5.92. The van der Waals surface area contributed by atoms with Crippen molar-refractivity contribution < 1.29 is 4.74 Å². The van der Waals surface area contributed by atoms with Gasteiger partial charge in [-0.2, -0.15) is 0 Å². The molecule has 4 rings (SSSR count). The van der Waals surface area contributed by atoms with Gasteiger partial charge in [-0.25, -0.2) is 0 Å². The highest BCUT2D eigenvalue weighted by atomic mass is 16.5. The van der Waals surface area contributed by atoms with Crippen LogP contribution in [-0.4, -0.2) is 61.3 Å². The Bertz CT molecular complexity index is 563. The third-order valence-electron chi connectivity index (χ3n) is 6.82. The van der Waals surface area contributed by atoms with E-state index in [2.05, 4.69) is 47.9 Å². The van der Waals surface area contributed by atoms with Gasteiger partial charge in [0.25, 0.3) is 0 Å². The minimum atomic E-state index is 0.487. The molecule has 1 aromatic rings. The van der Waals surface area contributed by atoms with Gasteiger partial charge >= 0.3 is 0 Å². The van der Waals surface area contributed by atoms with Crippen LogP contribution in [0, 0.1) is 11.8 Å². The van der Waals surface area contributed by atoms with Gasteiger partial charge in [0.05, 0.1) is 6.10 Å². The third kappa shape index (κ3) is 5.13. The summed E-state index contributed by atoms with van der Waals surface area (Å²) in [6.45, 7) is 11.9. The van der Waals surface area contributed by atoms with E-state index in [4.69, 9.17) is 4.74 Å². The summed E-state index contributed by atoms with van der Waals surface area (Å²) in [5, 5.41) is 0. The summed E-state index contributed by atoms with van der Waals surface area (Å²) in [6.07, 6.45) is 8.26. The van der Waals surface area contributed by atoms with E-state index in [0.717, 1.165) is 31.0 Å². The van der Waals surface area contributed by atoms with Crippen LogP contribution in [0.25, 0.3) is 0 Å². The summed E-state index contributed by atoms with van der Waals surface area (Å²) in [4.78, 5) is 5.50. The first-order valence-electron chi connectivity index (χ1n) is 11.3. The van der Waals surface area contributed by atoms with Gasteiger partial charge in [0.15, 0.2) is 0 Å². The van der Waals surface area contributed by atoms with Crippen molar-refractivity contribution >= 4 is 0 Å². The fraction of sp³-hybridized carbons (Fsp3) is 0.750. The number of benzene rings is 1. The van der Waals surface area contributed by atoms with E-state index >= 15 is 0 Å². The van der Waals surface area contributed by atoms with E-state index < -0.39 is 0 Å². The van der Waals surface area contributed by atoms with Crippen LogP contribution in [0.2, 0.25) is 0 Å². The summed E-state index contributed by atoms with van der Waals surface area (Å²) >= 11 is 0. The fourth-order valence-corrected chi connectivity index (χ4v) is 5.48. The molecule has 0 aromatic heterocycles. The summed E-state index contributed by atoms with van der Waals surface area (Å²) in [5.74, 6) is 1.61. The van der Waals surface area contributed by atoms with Crippen molar-refractivity contribution in [3.05, 3.63) is 35.4 Å². The van der Waals surface area contributed by atoms with Gasteiger partial charge in [0.1, 0.15) is 0 Å². The van der Waals surface area contributed by atoms with Gasteiger partial charge in [-0.3, -0.25) is 4.90 Å². The van der Waals surface area contributed by atoms with Crippen molar-refractivity contribution in [2.75, 3.05) is 39.3 Å². The van der Waals surface area contributed by atoms with Crippen LogP contribution < -0.4 is 0 Å². The van der Waals surface area contributed by atoms with Crippen LogP contribution in [0.4, 0.5) is 0 Å². The lowest BCUT2D eigenvalue weighted by Crippen LogP contribution is -2.45. The number of fused-ring (bicyclic) bond motifs is 1. The molecule has 1 aromatic carbocycles. The number of nitrogens with zero attached hydrogens (tertiary/aromatic N) is 2. The van der Waals surface area contributed by atoms with Gasteiger partial charge in [-0.1, -0.05) is 38.1 Å². The summed E-state index contributed by atoms with van der Waals surface area (Å²) in [7, 11) is 0. The molecule has 2 saturated heterocycles. The summed E-state index contributed by atoms with van der Waals surface area (Å²) < 4.78 is 5.92. The van der Waals surface area contributed by atoms with Crippen molar-refractivity contribution in [2.45, 2.75) is 64.5 Å². The Kier molecular flexibility index (Phi) is 6.52. The smallest absolute Gasteiger partial charge is 0.0702 e. The molecule has 150 valence electrons. The van der Waals surface area contributed by atoms with Crippen molar-refractivity contribution in [2.24, 2.45) is 11.8 Å². The zero-order valence-electron chi connectivity index (χ0n) is 17.4. The van der Waals surface area contributed by atoms with Crippen molar-refractivity contribution in [1.82, 2.24) is 9.80 Å². The van der Waals surface area contributed by atoms with Crippen LogP contribution >= 0.6 is 0 Å². The summed E-state index contributed by atoms with van der Waals surface area (Å²) in [6, 6.07) is 9.81. The second-order valence-corrected chi connectivity index (χ2v) is 9.56. The Morgan fingerprint density at radius 2 is 1.74 bits per heavy atom. The zero-order valence-corrected chi connectivity index (χ0v) is 17.4. The first kappa shape index (κ1) is 19.4. The molecule has 1 unspecified atom stereocenters. The van der Waals surface area contributed by atoms with Gasteiger partial charge in [0.2, 0.25) is 0 Å². The predicted octanol–water partition coefficient (Wildman–Crippen LogP) is 4.00. The Morgan fingerprint density at radius 3 is 2.33 bits per heavy atom. The molecular formula is C24H38N2O. The van der Waals surface area contributed by atoms with Gasteiger partial charge in [-0.05, 0) is 74.6 Å². The molecule has 2 aliphatic heterocycles. The standard InChI is InChI=1S/C24H38N2O/c1-19(2)16-25(18-24-8-5-13-27-24)17-20-9-11-26(12-10-20)23-14-21-6-3-4-7-22(21)15-23/h3-4,6-7,19-20,23-24H,5,8-18H2,1-2H3.